The molecule has 0 fully saturated rings. The van der Waals surface area contributed by atoms with Gasteiger partial charge in [0, 0.05) is 33.3 Å². The lowest BCUT2D eigenvalue weighted by Crippen LogP contribution is -2.05. The maximum Gasteiger partial charge on any atom is 0.297 e. The van der Waals surface area contributed by atoms with Gasteiger partial charge in [-0.1, -0.05) is 63.1 Å². The Bertz CT molecular complexity index is 2600. The molecule has 0 bridgehead atoms. The molecule has 0 atom stereocenters. The molecule has 0 aromatic heterocycles. The first kappa shape index (κ1) is 37.8. The molecule has 0 unspecified atom stereocenters. The molecule has 0 amide bonds. The molecule has 0 radical (unpaired) electrons. The van der Waals surface area contributed by atoms with Gasteiger partial charge in [0.25, 0.3) is 20.2 Å². The van der Waals surface area contributed by atoms with E-state index in [2.05, 4.69) is 10.2 Å². The summed E-state index contributed by atoms with van der Waals surface area (Å²) in [7, 11) is -10.1. The maximum atomic E-state index is 12.9. The largest absolute Gasteiger partial charge is 0.505 e. The number of nitrogens with two attached hydrogens (primary N) is 2. The quantitative estimate of drug-likeness (QED) is 0.0351. The molecule has 0 aliphatic carbocycles. The highest BCUT2D eigenvalue weighted by atomic mass is 32.2. The van der Waals surface area contributed by atoms with Crippen molar-refractivity contribution in [1.82, 2.24) is 0 Å². The van der Waals surface area contributed by atoms with Crippen molar-refractivity contribution in [3.05, 3.63) is 83.9 Å². The van der Waals surface area contributed by atoms with Gasteiger partial charge in [-0.25, -0.2) is 11.1 Å². The minimum Gasteiger partial charge on any atom is -0.505 e. The molecule has 278 valence electrons. The number of nitrogens with zero attached hydrogens (tertiary/aromatic N) is 2. The molecule has 16 heteroatoms. The summed E-state index contributed by atoms with van der Waals surface area (Å²) in [6, 6.07) is 19.5. The van der Waals surface area contributed by atoms with E-state index in [4.69, 9.17) is 22.5 Å². The van der Waals surface area contributed by atoms with Gasteiger partial charge < -0.3 is 21.7 Å². The van der Waals surface area contributed by atoms with Crippen LogP contribution in [0.3, 0.4) is 0 Å². The Morgan fingerprint density at radius 2 is 0.944 bits per heavy atom. The number of anilines is 2. The van der Waals surface area contributed by atoms with Crippen molar-refractivity contribution in [2.75, 3.05) is 11.5 Å². The molecule has 14 nitrogen and oxygen atoms in total. The zero-order valence-electron chi connectivity index (χ0n) is 29.0. The molecule has 0 saturated carbocycles. The predicted molar refractivity (Wildman–Crippen MR) is 207 cm³/mol. The number of phenols is 2. The third-order valence-corrected chi connectivity index (χ3v) is 11.2. The summed E-state index contributed by atoms with van der Waals surface area (Å²) >= 11 is 0. The van der Waals surface area contributed by atoms with E-state index in [9.17, 15) is 36.2 Å². The fourth-order valence-corrected chi connectivity index (χ4v) is 8.86. The number of benzene rings is 6. The van der Waals surface area contributed by atoms with Gasteiger partial charge in [-0.15, -0.1) is 0 Å². The third kappa shape index (κ3) is 6.49. The number of hydrogen-bond donors (Lipinski definition) is 8. The summed E-state index contributed by atoms with van der Waals surface area (Å²) in [5, 5.41) is 29.3. The number of nitrogen functional groups attached to an aromatic ring is 2. The number of phenolic OH excluding ortho intramolecular Hbond substituents is 2. The van der Waals surface area contributed by atoms with Crippen molar-refractivity contribution in [2.45, 2.75) is 49.3 Å². The predicted octanol–water partition coefficient (Wildman–Crippen LogP) is 9.29. The number of aryl methyl sites for hydroxylation is 2. The Morgan fingerprint density at radius 3 is 1.26 bits per heavy atom. The number of aromatic hydroxyl groups is 2. The molecule has 6 aromatic carbocycles. The topological polar surface area (TPSA) is 274 Å². The van der Waals surface area contributed by atoms with Crippen molar-refractivity contribution in [3.8, 4) is 44.9 Å². The molecular formula is C38H36N6O8S2. The highest BCUT2D eigenvalue weighted by molar-refractivity contribution is 7.86. The van der Waals surface area contributed by atoms with Crippen LogP contribution >= 0.6 is 0 Å². The van der Waals surface area contributed by atoms with Crippen LogP contribution in [0, 0.1) is 11.1 Å². The van der Waals surface area contributed by atoms with E-state index in [1.54, 1.807) is 24.3 Å². The van der Waals surface area contributed by atoms with Gasteiger partial charge in [0.2, 0.25) is 0 Å². The molecule has 6 aromatic rings. The van der Waals surface area contributed by atoms with Crippen LogP contribution in [0.25, 0.3) is 54.9 Å². The maximum absolute atomic E-state index is 12.9. The van der Waals surface area contributed by atoms with Crippen molar-refractivity contribution in [2.24, 2.45) is 10.2 Å². The molecule has 0 aliphatic heterocycles. The van der Waals surface area contributed by atoms with Gasteiger partial charge in [-0.2, -0.15) is 27.1 Å². The average molecular weight is 769 g/mol. The van der Waals surface area contributed by atoms with E-state index in [1.807, 2.05) is 26.0 Å². The van der Waals surface area contributed by atoms with E-state index in [0.29, 0.717) is 59.1 Å². The Hall–Kier alpha value is -5.94. The van der Waals surface area contributed by atoms with Gasteiger partial charge in [0.1, 0.15) is 21.2 Å². The Labute approximate surface area is 310 Å². The standard InChI is InChI=1S/C38H36N6O8S2/c1-3-5-21-15-19(7-11-25(21)31-29-17-23(39)9-13-27(29)35(45)33(43-41)37(31)53(47,48)49)20-8-12-26(22(16-20)6-4-2)32-30-18-24(40)10-14-28(30)36(46)34(44-42)38(32)54(50,51)52/h7-18,41-42,45-46H,3-6,39-40H2,1-2H3,(H,47,48,49)(H,50,51,52). The smallest absolute Gasteiger partial charge is 0.297 e. The van der Waals surface area contributed by atoms with Gasteiger partial charge in [0.05, 0.1) is 0 Å². The van der Waals surface area contributed by atoms with Gasteiger partial charge in [0.15, 0.2) is 11.5 Å². The van der Waals surface area contributed by atoms with Gasteiger partial charge in [-0.05, 0) is 93.4 Å². The van der Waals surface area contributed by atoms with Crippen LogP contribution in [0.5, 0.6) is 11.5 Å². The monoisotopic (exact) mass is 768 g/mol. The lowest BCUT2D eigenvalue weighted by atomic mass is 9.87. The first-order chi connectivity index (χ1) is 25.5. The minimum atomic E-state index is -5.05. The molecule has 0 heterocycles. The van der Waals surface area contributed by atoms with Gasteiger partial charge in [-0.3, -0.25) is 9.11 Å². The summed E-state index contributed by atoms with van der Waals surface area (Å²) < 4.78 is 72.6. The highest BCUT2D eigenvalue weighted by Crippen LogP contribution is 2.51. The molecule has 0 aliphatic rings. The highest BCUT2D eigenvalue weighted by Gasteiger charge is 2.31. The van der Waals surface area contributed by atoms with Crippen molar-refractivity contribution in [3.63, 3.8) is 0 Å². The lowest BCUT2D eigenvalue weighted by Gasteiger charge is -2.20. The first-order valence-corrected chi connectivity index (χ1v) is 19.6. The third-order valence-electron chi connectivity index (χ3n) is 9.33. The minimum absolute atomic E-state index is 0.0208. The van der Waals surface area contributed by atoms with Crippen LogP contribution < -0.4 is 11.5 Å². The number of nitrogens with one attached hydrogen (secondary N) is 2. The lowest BCUT2D eigenvalue weighted by molar-refractivity contribution is 0.472. The van der Waals surface area contributed by atoms with Crippen LogP contribution in [0.15, 0.2) is 92.8 Å². The van der Waals surface area contributed by atoms with Gasteiger partial charge >= 0.3 is 0 Å². The van der Waals surface area contributed by atoms with Crippen molar-refractivity contribution < 1.29 is 36.2 Å². The van der Waals surface area contributed by atoms with E-state index in [1.165, 1.54) is 36.4 Å². The Kier molecular flexibility index (Phi) is 9.89. The average Bonchev–Trinajstić information content (AvgIpc) is 3.11. The van der Waals surface area contributed by atoms with Crippen molar-refractivity contribution >= 4 is 64.5 Å². The fourth-order valence-electron chi connectivity index (χ4n) is 7.13. The molecule has 0 saturated heterocycles. The second-order valence-corrected chi connectivity index (χ2v) is 15.5. The Balaban J connectivity index is 1.64. The van der Waals surface area contributed by atoms with Crippen LogP contribution in [0.1, 0.15) is 37.8 Å². The Morgan fingerprint density at radius 1 is 0.574 bits per heavy atom. The summed E-state index contributed by atoms with van der Waals surface area (Å²) in [5.41, 5.74) is 30.5. The molecule has 6 rings (SSSR count). The summed E-state index contributed by atoms with van der Waals surface area (Å²) in [5.74, 6) is -1.20. The van der Waals surface area contributed by atoms with Crippen LogP contribution in [-0.2, 0) is 33.1 Å². The summed E-state index contributed by atoms with van der Waals surface area (Å²) in [6.45, 7) is 3.87. The number of rotatable bonds is 11. The zero-order chi connectivity index (χ0) is 39.3. The first-order valence-electron chi connectivity index (χ1n) is 16.7. The van der Waals surface area contributed by atoms with E-state index in [0.717, 1.165) is 0 Å². The summed E-state index contributed by atoms with van der Waals surface area (Å²) in [4.78, 5) is -1.47. The van der Waals surface area contributed by atoms with Crippen LogP contribution in [0.4, 0.5) is 22.7 Å². The second-order valence-electron chi connectivity index (χ2n) is 12.8. The molecule has 0 spiro atoms. The fraction of sp³-hybridized carbons (Fsp3) is 0.158. The van der Waals surface area contributed by atoms with Crippen molar-refractivity contribution in [1.29, 1.82) is 11.1 Å². The second kappa shape index (κ2) is 14.1. The zero-order valence-corrected chi connectivity index (χ0v) is 30.7. The SMILES string of the molecule is CCCc1cc(-c2ccc(-c3c(S(=O)(=O)O)c(N=N)c(O)c4ccc(N)cc34)c(CCC)c2)ccc1-c1c(S(=O)(=O)O)c(N=N)c(O)c2ccc(N)cc12. The van der Waals surface area contributed by atoms with Crippen LogP contribution in [-0.4, -0.2) is 36.2 Å². The van der Waals surface area contributed by atoms with E-state index >= 15 is 0 Å². The van der Waals surface area contributed by atoms with Crippen LogP contribution in [0.2, 0.25) is 0 Å². The summed E-state index contributed by atoms with van der Waals surface area (Å²) in [6.07, 6.45) is 2.16. The molecule has 54 heavy (non-hydrogen) atoms. The number of hydrogen-bond acceptors (Lipinski definition) is 12. The normalized spacial score (nSPS) is 12.0. The number of fused-ring (bicyclic) bond motifs is 2. The van der Waals surface area contributed by atoms with E-state index in [-0.39, 0.29) is 44.0 Å². The molecule has 10 N–H and O–H groups in total. The molecular weight excluding hydrogens is 733 g/mol. The van der Waals surface area contributed by atoms with E-state index < -0.39 is 52.9 Å².